The van der Waals surface area contributed by atoms with Crippen LogP contribution in [0.15, 0.2) is 0 Å². The molecule has 1 rings (SSSR count). The molecule has 0 aromatic heterocycles. The summed E-state index contributed by atoms with van der Waals surface area (Å²) < 4.78 is 0. The summed E-state index contributed by atoms with van der Waals surface area (Å²) >= 11 is 0. The zero-order valence-electron chi connectivity index (χ0n) is 7.82. The summed E-state index contributed by atoms with van der Waals surface area (Å²) in [5, 5.41) is 24.6. The van der Waals surface area contributed by atoms with Gasteiger partial charge in [0.05, 0.1) is 12.1 Å². The maximum absolute atomic E-state index is 10.7. The van der Waals surface area contributed by atoms with Gasteiger partial charge >= 0.3 is 0 Å². The Bertz CT molecular complexity index is 198. The van der Waals surface area contributed by atoms with Gasteiger partial charge < -0.3 is 20.8 Å². The quantitative estimate of drug-likeness (QED) is 0.391. The molecule has 1 fully saturated rings. The normalized spacial score (nSPS) is 40.0. The molecule has 4 N–H and O–H groups in total. The summed E-state index contributed by atoms with van der Waals surface area (Å²) in [6.45, 7) is 3.66. The van der Waals surface area contributed by atoms with Crippen molar-refractivity contribution in [2.24, 2.45) is 0 Å². The van der Waals surface area contributed by atoms with Crippen LogP contribution in [0.1, 0.15) is 13.8 Å². The number of hydrogen-bond donors (Lipinski definition) is 4. The Morgan fingerprint density at radius 2 is 2.08 bits per heavy atom. The third-order valence-electron chi connectivity index (χ3n) is 2.32. The molecule has 0 aliphatic carbocycles. The van der Waals surface area contributed by atoms with E-state index >= 15 is 0 Å². The van der Waals surface area contributed by atoms with E-state index in [2.05, 4.69) is 10.6 Å². The first kappa shape index (κ1) is 10.4. The lowest BCUT2D eigenvalue weighted by Gasteiger charge is -2.37. The molecule has 0 saturated carbocycles. The minimum atomic E-state index is -0.889. The second kappa shape index (κ2) is 4.04. The molecule has 1 heterocycles. The van der Waals surface area contributed by atoms with Crippen molar-refractivity contribution in [3.05, 3.63) is 0 Å². The van der Waals surface area contributed by atoms with Crippen LogP contribution in [-0.2, 0) is 4.79 Å². The summed E-state index contributed by atoms with van der Waals surface area (Å²) in [6, 6.07) is -0.538. The Morgan fingerprint density at radius 1 is 1.46 bits per heavy atom. The largest absolute Gasteiger partial charge is 0.389 e. The third-order valence-corrected chi connectivity index (χ3v) is 2.32. The Morgan fingerprint density at radius 3 is 2.62 bits per heavy atom. The van der Waals surface area contributed by atoms with Crippen molar-refractivity contribution < 1.29 is 15.0 Å². The third kappa shape index (κ3) is 2.40. The van der Waals surface area contributed by atoms with E-state index < -0.39 is 18.2 Å². The van der Waals surface area contributed by atoms with Crippen molar-refractivity contribution in [1.29, 1.82) is 0 Å². The van der Waals surface area contributed by atoms with Crippen molar-refractivity contribution >= 4 is 5.91 Å². The fraction of sp³-hybridized carbons (Fsp3) is 0.875. The molecule has 5 heteroatoms. The van der Waals surface area contributed by atoms with Crippen LogP contribution in [0.5, 0.6) is 0 Å². The maximum atomic E-state index is 10.7. The highest BCUT2D eigenvalue weighted by molar-refractivity contribution is 5.73. The molecule has 1 saturated heterocycles. The Labute approximate surface area is 77.1 Å². The lowest BCUT2D eigenvalue weighted by Crippen LogP contribution is -2.63. The van der Waals surface area contributed by atoms with Crippen molar-refractivity contribution in [2.45, 2.75) is 38.1 Å². The minimum Gasteiger partial charge on any atom is -0.389 e. The molecule has 1 aliphatic heterocycles. The number of carbonyl (C=O) groups is 1. The molecule has 1 aliphatic rings. The van der Waals surface area contributed by atoms with Crippen molar-refractivity contribution in [3.63, 3.8) is 0 Å². The zero-order valence-corrected chi connectivity index (χ0v) is 7.82. The predicted octanol–water partition coefficient (Wildman–Crippen LogP) is -1.80. The maximum Gasteiger partial charge on any atom is 0.217 e. The van der Waals surface area contributed by atoms with Gasteiger partial charge in [0.15, 0.2) is 0 Å². The molecule has 4 unspecified atom stereocenters. The molecule has 0 aromatic rings. The first-order chi connectivity index (χ1) is 6.02. The Balaban J connectivity index is 2.53. The molecule has 0 radical (unpaired) electrons. The van der Waals surface area contributed by atoms with E-state index in [-0.39, 0.29) is 11.9 Å². The molecule has 0 spiro atoms. The van der Waals surface area contributed by atoms with E-state index in [0.29, 0.717) is 6.54 Å². The molecule has 1 amide bonds. The van der Waals surface area contributed by atoms with Crippen LogP contribution in [0.2, 0.25) is 0 Å². The molecular formula is C8H16N2O3. The number of hydrogen-bond acceptors (Lipinski definition) is 4. The lowest BCUT2D eigenvalue weighted by atomic mass is 9.95. The van der Waals surface area contributed by atoms with Gasteiger partial charge in [0.1, 0.15) is 6.10 Å². The number of amides is 1. The smallest absolute Gasteiger partial charge is 0.217 e. The van der Waals surface area contributed by atoms with Crippen LogP contribution >= 0.6 is 0 Å². The monoisotopic (exact) mass is 188 g/mol. The van der Waals surface area contributed by atoms with Gasteiger partial charge in [-0.1, -0.05) is 0 Å². The fourth-order valence-electron chi connectivity index (χ4n) is 1.49. The average Bonchev–Trinajstić information content (AvgIpc) is 2.06. The van der Waals surface area contributed by atoms with Gasteiger partial charge in [-0.2, -0.15) is 0 Å². The molecule has 0 bridgehead atoms. The van der Waals surface area contributed by atoms with Gasteiger partial charge in [-0.25, -0.2) is 0 Å². The van der Waals surface area contributed by atoms with Gasteiger partial charge in [-0.05, 0) is 6.92 Å². The fourth-order valence-corrected chi connectivity index (χ4v) is 1.49. The van der Waals surface area contributed by atoms with Gasteiger partial charge in [0.25, 0.3) is 0 Å². The summed E-state index contributed by atoms with van der Waals surface area (Å²) in [4.78, 5) is 10.7. The van der Waals surface area contributed by atoms with Crippen LogP contribution < -0.4 is 10.6 Å². The highest BCUT2D eigenvalue weighted by Gasteiger charge is 2.35. The van der Waals surface area contributed by atoms with Gasteiger partial charge in [-0.3, -0.25) is 4.79 Å². The standard InChI is InChI=1S/C8H16N2O3/c1-4-7(12)8(13)6(3-9-4)10-5(2)11/h4,6-9,12-13H,3H2,1-2H3,(H,10,11). The van der Waals surface area contributed by atoms with Crippen molar-refractivity contribution in [2.75, 3.05) is 6.54 Å². The van der Waals surface area contributed by atoms with Crippen LogP contribution in [0, 0.1) is 0 Å². The zero-order chi connectivity index (χ0) is 10.0. The van der Waals surface area contributed by atoms with Crippen LogP contribution in [-0.4, -0.2) is 47.0 Å². The number of rotatable bonds is 1. The van der Waals surface area contributed by atoms with Crippen LogP contribution in [0.4, 0.5) is 0 Å². The Kier molecular flexibility index (Phi) is 3.24. The summed E-state index contributed by atoms with van der Waals surface area (Å²) in [7, 11) is 0. The van der Waals surface area contributed by atoms with Crippen LogP contribution in [0.3, 0.4) is 0 Å². The number of piperidine rings is 1. The summed E-state index contributed by atoms with van der Waals surface area (Å²) in [5.74, 6) is -0.201. The van der Waals surface area contributed by atoms with Crippen LogP contribution in [0.25, 0.3) is 0 Å². The van der Waals surface area contributed by atoms with E-state index in [4.69, 9.17) is 0 Å². The van der Waals surface area contributed by atoms with Gasteiger partial charge in [-0.15, -0.1) is 0 Å². The SMILES string of the molecule is CC(=O)NC1CNC(C)C(O)C1O. The molecule has 13 heavy (non-hydrogen) atoms. The predicted molar refractivity (Wildman–Crippen MR) is 47.1 cm³/mol. The number of carbonyl (C=O) groups excluding carboxylic acids is 1. The van der Waals surface area contributed by atoms with E-state index in [1.54, 1.807) is 6.92 Å². The molecule has 5 nitrogen and oxygen atoms in total. The second-order valence-corrected chi connectivity index (χ2v) is 3.49. The van der Waals surface area contributed by atoms with E-state index in [0.717, 1.165) is 0 Å². The highest BCUT2D eigenvalue weighted by Crippen LogP contribution is 2.09. The number of aliphatic hydroxyl groups is 2. The lowest BCUT2D eigenvalue weighted by molar-refractivity contribution is -0.122. The van der Waals surface area contributed by atoms with E-state index in [1.807, 2.05) is 0 Å². The minimum absolute atomic E-state index is 0.139. The second-order valence-electron chi connectivity index (χ2n) is 3.49. The Hall–Kier alpha value is -0.650. The first-order valence-electron chi connectivity index (χ1n) is 4.39. The summed E-state index contributed by atoms with van der Waals surface area (Å²) in [6.07, 6.45) is -1.72. The van der Waals surface area contributed by atoms with Crippen molar-refractivity contribution in [3.8, 4) is 0 Å². The number of nitrogens with one attached hydrogen (secondary N) is 2. The van der Waals surface area contributed by atoms with E-state index in [9.17, 15) is 15.0 Å². The molecule has 4 atom stereocenters. The summed E-state index contributed by atoms with van der Waals surface area (Å²) in [5.41, 5.74) is 0. The average molecular weight is 188 g/mol. The number of aliphatic hydroxyl groups excluding tert-OH is 2. The van der Waals surface area contributed by atoms with Crippen molar-refractivity contribution in [1.82, 2.24) is 10.6 Å². The highest BCUT2D eigenvalue weighted by atomic mass is 16.3. The van der Waals surface area contributed by atoms with Gasteiger partial charge in [0.2, 0.25) is 5.91 Å². The topological polar surface area (TPSA) is 81.6 Å². The molecular weight excluding hydrogens is 172 g/mol. The molecule has 0 aromatic carbocycles. The van der Waals surface area contributed by atoms with E-state index in [1.165, 1.54) is 6.92 Å². The van der Waals surface area contributed by atoms with Gasteiger partial charge in [0, 0.05) is 19.5 Å². The first-order valence-corrected chi connectivity index (χ1v) is 4.39. The molecule has 76 valence electrons.